The summed E-state index contributed by atoms with van der Waals surface area (Å²) in [6.45, 7) is 2.69. The standard InChI is InChI=1S/C16H25N3O2/c1-21-14-7-12(8-17-10-14)9-18-15-3-2-4-16(15)19-6-5-13(20)11-19/h7-8,10,13,15-16,18,20H,2-6,9,11H2,1H3/t13?,15-,16+/m1/s1. The number of nitrogens with one attached hydrogen (secondary N) is 1. The maximum Gasteiger partial charge on any atom is 0.137 e. The summed E-state index contributed by atoms with van der Waals surface area (Å²) >= 11 is 0. The van der Waals surface area contributed by atoms with E-state index in [4.69, 9.17) is 4.74 Å². The van der Waals surface area contributed by atoms with Gasteiger partial charge in [-0.1, -0.05) is 6.42 Å². The number of aliphatic hydroxyl groups is 1. The van der Waals surface area contributed by atoms with Crippen molar-refractivity contribution in [2.24, 2.45) is 0 Å². The van der Waals surface area contributed by atoms with E-state index in [2.05, 4.69) is 15.2 Å². The predicted molar refractivity (Wildman–Crippen MR) is 81.3 cm³/mol. The van der Waals surface area contributed by atoms with Gasteiger partial charge >= 0.3 is 0 Å². The molecule has 116 valence electrons. The Bertz CT molecular complexity index is 469. The van der Waals surface area contributed by atoms with Crippen molar-refractivity contribution in [3.8, 4) is 5.75 Å². The number of nitrogens with zero attached hydrogens (tertiary/aromatic N) is 2. The van der Waals surface area contributed by atoms with Crippen LogP contribution in [0.25, 0.3) is 0 Å². The van der Waals surface area contributed by atoms with Crippen molar-refractivity contribution in [3.63, 3.8) is 0 Å². The first kappa shape index (κ1) is 14.8. The first-order valence-corrected chi connectivity index (χ1v) is 7.89. The van der Waals surface area contributed by atoms with Gasteiger partial charge in [0.15, 0.2) is 0 Å². The zero-order valence-electron chi connectivity index (χ0n) is 12.7. The Morgan fingerprint density at radius 1 is 1.38 bits per heavy atom. The van der Waals surface area contributed by atoms with Gasteiger partial charge in [0.25, 0.3) is 0 Å². The molecule has 2 aliphatic rings. The van der Waals surface area contributed by atoms with Gasteiger partial charge in [-0.05, 0) is 30.9 Å². The van der Waals surface area contributed by atoms with Crippen LogP contribution >= 0.6 is 0 Å². The number of hydrogen-bond acceptors (Lipinski definition) is 5. The molecule has 3 atom stereocenters. The van der Waals surface area contributed by atoms with Crippen molar-refractivity contribution in [2.45, 2.75) is 50.4 Å². The van der Waals surface area contributed by atoms with Crippen LogP contribution in [-0.4, -0.2) is 53.4 Å². The van der Waals surface area contributed by atoms with Crippen LogP contribution in [0.5, 0.6) is 5.75 Å². The molecule has 0 aromatic carbocycles. The molecule has 0 bridgehead atoms. The Kier molecular flexibility index (Phi) is 4.73. The summed E-state index contributed by atoms with van der Waals surface area (Å²) in [5, 5.41) is 13.4. The lowest BCUT2D eigenvalue weighted by molar-refractivity contribution is 0.150. The normalized spacial score (nSPS) is 29.9. The molecular formula is C16H25N3O2. The second-order valence-electron chi connectivity index (χ2n) is 6.16. The summed E-state index contributed by atoms with van der Waals surface area (Å²) in [4.78, 5) is 6.66. The molecule has 3 rings (SSSR count). The summed E-state index contributed by atoms with van der Waals surface area (Å²) in [7, 11) is 1.67. The van der Waals surface area contributed by atoms with E-state index >= 15 is 0 Å². The van der Waals surface area contributed by atoms with E-state index in [1.807, 2.05) is 12.3 Å². The smallest absolute Gasteiger partial charge is 0.137 e. The molecule has 5 heteroatoms. The van der Waals surface area contributed by atoms with Gasteiger partial charge < -0.3 is 15.2 Å². The second kappa shape index (κ2) is 6.73. The lowest BCUT2D eigenvalue weighted by Gasteiger charge is -2.30. The molecule has 0 radical (unpaired) electrons. The highest BCUT2D eigenvalue weighted by atomic mass is 16.5. The highest BCUT2D eigenvalue weighted by Crippen LogP contribution is 2.27. The molecular weight excluding hydrogens is 266 g/mol. The van der Waals surface area contributed by atoms with Gasteiger partial charge in [-0.2, -0.15) is 0 Å². The van der Waals surface area contributed by atoms with Crippen LogP contribution in [0.1, 0.15) is 31.2 Å². The molecule has 1 saturated carbocycles. The fourth-order valence-corrected chi connectivity index (χ4v) is 3.61. The summed E-state index contributed by atoms with van der Waals surface area (Å²) in [5.74, 6) is 0.805. The van der Waals surface area contributed by atoms with Crippen molar-refractivity contribution in [2.75, 3.05) is 20.2 Å². The van der Waals surface area contributed by atoms with Crippen molar-refractivity contribution in [1.82, 2.24) is 15.2 Å². The summed E-state index contributed by atoms with van der Waals surface area (Å²) < 4.78 is 5.21. The van der Waals surface area contributed by atoms with E-state index in [0.717, 1.165) is 37.4 Å². The quantitative estimate of drug-likeness (QED) is 0.853. The lowest BCUT2D eigenvalue weighted by atomic mass is 10.1. The van der Waals surface area contributed by atoms with Crippen LogP contribution in [0.4, 0.5) is 0 Å². The van der Waals surface area contributed by atoms with Gasteiger partial charge in [-0.25, -0.2) is 0 Å². The van der Waals surface area contributed by atoms with Crippen molar-refractivity contribution >= 4 is 0 Å². The molecule has 2 N–H and O–H groups in total. The van der Waals surface area contributed by atoms with E-state index in [0.29, 0.717) is 12.1 Å². The average molecular weight is 291 g/mol. The predicted octanol–water partition coefficient (Wildman–Crippen LogP) is 1.17. The minimum absolute atomic E-state index is 0.131. The number of rotatable bonds is 5. The van der Waals surface area contributed by atoms with Crippen molar-refractivity contribution < 1.29 is 9.84 Å². The third kappa shape index (κ3) is 3.54. The largest absolute Gasteiger partial charge is 0.495 e. The van der Waals surface area contributed by atoms with Gasteiger partial charge in [-0.15, -0.1) is 0 Å². The van der Waals surface area contributed by atoms with E-state index in [-0.39, 0.29) is 6.10 Å². The first-order valence-electron chi connectivity index (χ1n) is 7.89. The average Bonchev–Trinajstić information content (AvgIpc) is 3.13. The highest BCUT2D eigenvalue weighted by molar-refractivity contribution is 5.23. The molecule has 21 heavy (non-hydrogen) atoms. The lowest BCUT2D eigenvalue weighted by Crippen LogP contribution is -2.46. The Morgan fingerprint density at radius 2 is 2.29 bits per heavy atom. The summed E-state index contributed by atoms with van der Waals surface area (Å²) in [6.07, 6.45) is 8.13. The molecule has 2 heterocycles. The minimum atomic E-state index is -0.131. The zero-order valence-corrected chi connectivity index (χ0v) is 12.7. The minimum Gasteiger partial charge on any atom is -0.495 e. The maximum atomic E-state index is 9.73. The van der Waals surface area contributed by atoms with Crippen molar-refractivity contribution in [1.29, 1.82) is 0 Å². The number of aliphatic hydroxyl groups excluding tert-OH is 1. The Morgan fingerprint density at radius 3 is 3.05 bits per heavy atom. The third-order valence-corrected chi connectivity index (χ3v) is 4.72. The van der Waals surface area contributed by atoms with Crippen molar-refractivity contribution in [3.05, 3.63) is 24.0 Å². The Labute approximate surface area is 126 Å². The molecule has 2 fully saturated rings. The SMILES string of the molecule is COc1cncc(CN[C@@H]2CCC[C@@H]2N2CCC(O)C2)c1. The molecule has 1 unspecified atom stereocenters. The van der Waals surface area contributed by atoms with Crippen LogP contribution in [0.15, 0.2) is 18.5 Å². The number of methoxy groups -OCH3 is 1. The molecule has 1 aromatic heterocycles. The van der Waals surface area contributed by atoms with Crippen LogP contribution < -0.4 is 10.1 Å². The number of likely N-dealkylation sites (tertiary alicyclic amines) is 1. The fraction of sp³-hybridized carbons (Fsp3) is 0.688. The molecule has 1 aliphatic heterocycles. The first-order chi connectivity index (χ1) is 10.3. The highest BCUT2D eigenvalue weighted by Gasteiger charge is 2.35. The van der Waals surface area contributed by atoms with E-state index < -0.39 is 0 Å². The van der Waals surface area contributed by atoms with Crippen LogP contribution in [0.2, 0.25) is 0 Å². The van der Waals surface area contributed by atoms with Gasteiger partial charge in [0.1, 0.15) is 5.75 Å². The fourth-order valence-electron chi connectivity index (χ4n) is 3.61. The van der Waals surface area contributed by atoms with Crippen LogP contribution in [0, 0.1) is 0 Å². The zero-order chi connectivity index (χ0) is 14.7. The Hall–Kier alpha value is -1.17. The van der Waals surface area contributed by atoms with E-state index in [1.165, 1.54) is 19.3 Å². The molecule has 1 aliphatic carbocycles. The second-order valence-corrected chi connectivity index (χ2v) is 6.16. The van der Waals surface area contributed by atoms with E-state index in [9.17, 15) is 5.11 Å². The molecule has 1 saturated heterocycles. The number of pyridine rings is 1. The molecule has 0 amide bonds. The molecule has 5 nitrogen and oxygen atoms in total. The van der Waals surface area contributed by atoms with Gasteiger partial charge in [0, 0.05) is 37.9 Å². The summed E-state index contributed by atoms with van der Waals surface area (Å²) in [6, 6.07) is 3.12. The van der Waals surface area contributed by atoms with E-state index in [1.54, 1.807) is 13.3 Å². The number of aromatic nitrogens is 1. The monoisotopic (exact) mass is 291 g/mol. The number of β-amino-alcohol motifs (C(OH)–C–C–N with tert-alkyl or cyclic N) is 1. The van der Waals surface area contributed by atoms with Gasteiger partial charge in [0.05, 0.1) is 19.4 Å². The van der Waals surface area contributed by atoms with Gasteiger partial charge in [0.2, 0.25) is 0 Å². The number of ether oxygens (including phenoxy) is 1. The number of hydrogen-bond donors (Lipinski definition) is 2. The third-order valence-electron chi connectivity index (χ3n) is 4.72. The maximum absolute atomic E-state index is 9.73. The van der Waals surface area contributed by atoms with Crippen LogP contribution in [-0.2, 0) is 6.54 Å². The Balaban J connectivity index is 1.56. The molecule has 1 aromatic rings. The summed E-state index contributed by atoms with van der Waals surface area (Å²) in [5.41, 5.74) is 1.15. The van der Waals surface area contributed by atoms with Gasteiger partial charge in [-0.3, -0.25) is 9.88 Å². The van der Waals surface area contributed by atoms with Crippen LogP contribution in [0.3, 0.4) is 0 Å². The molecule has 0 spiro atoms. The topological polar surface area (TPSA) is 57.6 Å².